The van der Waals surface area contributed by atoms with E-state index in [4.69, 9.17) is 4.74 Å². The van der Waals surface area contributed by atoms with E-state index in [0.29, 0.717) is 12.2 Å². The van der Waals surface area contributed by atoms with Crippen LogP contribution in [0.3, 0.4) is 0 Å². The Morgan fingerprint density at radius 1 is 0.971 bits per heavy atom. The number of aromatic nitrogens is 2. The standard InChI is InChI=1S/C24H23N3O8/c1-5-27-11-18(20(29)17-7-6-13(2)25-21(17)27)24(32)35-12-19(28)26-16-9-14(22(30)33-3)8-15(10-16)23(31)34-4/h6-11H,5,12H2,1-4H3,(H,26,28). The third kappa shape index (κ3) is 5.52. The Hall–Kier alpha value is -4.54. The number of hydrogen-bond donors (Lipinski definition) is 1. The van der Waals surface area contributed by atoms with Gasteiger partial charge in [-0.25, -0.2) is 19.4 Å². The van der Waals surface area contributed by atoms with Crippen molar-refractivity contribution in [1.29, 1.82) is 0 Å². The van der Waals surface area contributed by atoms with E-state index in [2.05, 4.69) is 19.8 Å². The van der Waals surface area contributed by atoms with Crippen molar-refractivity contribution in [2.75, 3.05) is 26.1 Å². The summed E-state index contributed by atoms with van der Waals surface area (Å²) in [7, 11) is 2.34. The Bertz CT molecular complexity index is 1360. The number of carbonyl (C=O) groups is 4. The minimum atomic E-state index is -0.978. The van der Waals surface area contributed by atoms with Gasteiger partial charge in [0.05, 0.1) is 30.7 Å². The molecular formula is C24H23N3O8. The van der Waals surface area contributed by atoms with Crippen LogP contribution < -0.4 is 10.7 Å². The molecule has 0 atom stereocenters. The number of anilines is 1. The molecule has 3 aromatic rings. The molecule has 1 N–H and O–H groups in total. The number of amides is 1. The minimum absolute atomic E-state index is 0.00261. The Morgan fingerprint density at radius 2 is 1.60 bits per heavy atom. The van der Waals surface area contributed by atoms with Gasteiger partial charge in [0.2, 0.25) is 5.43 Å². The highest BCUT2D eigenvalue weighted by atomic mass is 16.5. The van der Waals surface area contributed by atoms with Crippen LogP contribution in [0.15, 0.2) is 41.3 Å². The quantitative estimate of drug-likeness (QED) is 0.396. The zero-order valence-corrected chi connectivity index (χ0v) is 19.5. The highest BCUT2D eigenvalue weighted by Crippen LogP contribution is 2.17. The number of nitrogens with zero attached hydrogens (tertiary/aromatic N) is 2. The van der Waals surface area contributed by atoms with Crippen molar-refractivity contribution in [3.8, 4) is 0 Å². The van der Waals surface area contributed by atoms with Crippen molar-refractivity contribution in [3.63, 3.8) is 0 Å². The number of hydrogen-bond acceptors (Lipinski definition) is 9. The number of methoxy groups -OCH3 is 2. The molecule has 0 aliphatic carbocycles. The summed E-state index contributed by atoms with van der Waals surface area (Å²) in [5.41, 5.74) is 0.450. The van der Waals surface area contributed by atoms with Crippen LogP contribution in [0.1, 0.15) is 43.7 Å². The molecule has 0 fully saturated rings. The molecule has 35 heavy (non-hydrogen) atoms. The molecule has 0 bridgehead atoms. The van der Waals surface area contributed by atoms with Gasteiger partial charge in [-0.15, -0.1) is 0 Å². The normalized spacial score (nSPS) is 10.5. The number of rotatable bonds is 7. The van der Waals surface area contributed by atoms with Gasteiger partial charge in [0.25, 0.3) is 5.91 Å². The summed E-state index contributed by atoms with van der Waals surface area (Å²) in [5.74, 6) is -3.20. The van der Waals surface area contributed by atoms with Gasteiger partial charge in [-0.2, -0.15) is 0 Å². The van der Waals surface area contributed by atoms with Gasteiger partial charge in [0.15, 0.2) is 6.61 Å². The van der Waals surface area contributed by atoms with Gasteiger partial charge >= 0.3 is 17.9 Å². The number of fused-ring (bicyclic) bond motifs is 1. The maximum Gasteiger partial charge on any atom is 0.344 e. The first-order valence-electron chi connectivity index (χ1n) is 10.5. The Kier molecular flexibility index (Phi) is 7.59. The monoisotopic (exact) mass is 481 g/mol. The van der Waals surface area contributed by atoms with Gasteiger partial charge < -0.3 is 24.1 Å². The van der Waals surface area contributed by atoms with E-state index in [-0.39, 0.29) is 27.8 Å². The molecule has 2 aromatic heterocycles. The summed E-state index contributed by atoms with van der Waals surface area (Å²) >= 11 is 0. The molecule has 3 rings (SSSR count). The van der Waals surface area contributed by atoms with Crippen molar-refractivity contribution < 1.29 is 33.4 Å². The van der Waals surface area contributed by atoms with Gasteiger partial charge in [-0.3, -0.25) is 9.59 Å². The number of nitrogens with one attached hydrogen (secondary N) is 1. The summed E-state index contributed by atoms with van der Waals surface area (Å²) in [6.45, 7) is 3.36. The van der Waals surface area contributed by atoms with Crippen LogP contribution >= 0.6 is 0 Å². The predicted molar refractivity (Wildman–Crippen MR) is 124 cm³/mol. The molecule has 0 saturated heterocycles. The van der Waals surface area contributed by atoms with E-state index in [1.54, 1.807) is 23.6 Å². The van der Waals surface area contributed by atoms with E-state index >= 15 is 0 Å². The van der Waals surface area contributed by atoms with Crippen molar-refractivity contribution in [2.24, 2.45) is 0 Å². The first-order chi connectivity index (χ1) is 16.7. The molecule has 2 heterocycles. The maximum absolute atomic E-state index is 12.8. The lowest BCUT2D eigenvalue weighted by Gasteiger charge is -2.12. The molecule has 11 heteroatoms. The van der Waals surface area contributed by atoms with Crippen LogP contribution in [-0.4, -0.2) is 54.2 Å². The van der Waals surface area contributed by atoms with Crippen molar-refractivity contribution in [1.82, 2.24) is 9.55 Å². The van der Waals surface area contributed by atoms with Gasteiger partial charge in [0.1, 0.15) is 11.2 Å². The van der Waals surface area contributed by atoms with E-state index in [1.165, 1.54) is 38.6 Å². The topological polar surface area (TPSA) is 143 Å². The number of carbonyl (C=O) groups excluding carboxylic acids is 4. The van der Waals surface area contributed by atoms with Gasteiger partial charge in [0, 0.05) is 24.1 Å². The third-order valence-corrected chi connectivity index (χ3v) is 5.01. The van der Waals surface area contributed by atoms with Crippen LogP contribution in [0.4, 0.5) is 5.69 Å². The van der Waals surface area contributed by atoms with Gasteiger partial charge in [-0.05, 0) is 44.2 Å². The fourth-order valence-electron chi connectivity index (χ4n) is 3.32. The van der Waals surface area contributed by atoms with E-state index in [0.717, 1.165) is 5.69 Å². The molecular weight excluding hydrogens is 458 g/mol. The number of benzene rings is 1. The fourth-order valence-corrected chi connectivity index (χ4v) is 3.32. The lowest BCUT2D eigenvalue weighted by atomic mass is 10.1. The average Bonchev–Trinajstić information content (AvgIpc) is 2.86. The summed E-state index contributed by atoms with van der Waals surface area (Å²) < 4.78 is 16.0. The largest absolute Gasteiger partial charge is 0.465 e. The van der Waals surface area contributed by atoms with Crippen LogP contribution in [0.5, 0.6) is 0 Å². The summed E-state index contributed by atoms with van der Waals surface area (Å²) in [6.07, 6.45) is 1.35. The van der Waals surface area contributed by atoms with E-state index in [9.17, 15) is 24.0 Å². The number of esters is 3. The Morgan fingerprint density at radius 3 is 2.17 bits per heavy atom. The summed E-state index contributed by atoms with van der Waals surface area (Å²) in [4.78, 5) is 65.9. The second-order valence-corrected chi connectivity index (χ2v) is 7.39. The fraction of sp³-hybridized carbons (Fsp3) is 0.250. The molecule has 0 aliphatic rings. The highest BCUT2D eigenvalue weighted by Gasteiger charge is 2.19. The van der Waals surface area contributed by atoms with E-state index < -0.39 is 35.9 Å². The average molecular weight is 481 g/mol. The first-order valence-corrected chi connectivity index (χ1v) is 10.5. The third-order valence-electron chi connectivity index (χ3n) is 5.01. The molecule has 182 valence electrons. The van der Waals surface area contributed by atoms with E-state index in [1.807, 2.05) is 6.92 Å². The van der Waals surface area contributed by atoms with Crippen LogP contribution in [0.25, 0.3) is 11.0 Å². The second kappa shape index (κ2) is 10.6. The number of ether oxygens (including phenoxy) is 3. The molecule has 11 nitrogen and oxygen atoms in total. The lowest BCUT2D eigenvalue weighted by Crippen LogP contribution is -2.25. The Balaban J connectivity index is 1.79. The summed E-state index contributed by atoms with van der Waals surface area (Å²) in [5, 5.41) is 2.69. The van der Waals surface area contributed by atoms with Crippen LogP contribution in [-0.2, 0) is 25.5 Å². The van der Waals surface area contributed by atoms with Crippen molar-refractivity contribution in [2.45, 2.75) is 20.4 Å². The maximum atomic E-state index is 12.8. The van der Waals surface area contributed by atoms with Crippen LogP contribution in [0.2, 0.25) is 0 Å². The number of aryl methyl sites for hydroxylation is 2. The zero-order valence-electron chi connectivity index (χ0n) is 19.5. The molecule has 1 aromatic carbocycles. The van der Waals surface area contributed by atoms with Crippen molar-refractivity contribution in [3.05, 3.63) is 69.1 Å². The molecule has 0 radical (unpaired) electrons. The Labute approximate surface area is 199 Å². The van der Waals surface area contributed by atoms with Gasteiger partial charge in [-0.1, -0.05) is 0 Å². The highest BCUT2D eigenvalue weighted by molar-refractivity contribution is 6.00. The molecule has 0 aliphatic heterocycles. The smallest absolute Gasteiger partial charge is 0.344 e. The first kappa shape index (κ1) is 25.1. The second-order valence-electron chi connectivity index (χ2n) is 7.39. The minimum Gasteiger partial charge on any atom is -0.465 e. The number of pyridine rings is 2. The van der Waals surface area contributed by atoms with Crippen molar-refractivity contribution >= 4 is 40.5 Å². The predicted octanol–water partition coefficient (Wildman–Crippen LogP) is 2.09. The SMILES string of the molecule is CCn1cc(C(=O)OCC(=O)Nc2cc(C(=O)OC)cc(C(=O)OC)c2)c(=O)c2ccc(C)nc21. The summed E-state index contributed by atoms with van der Waals surface area (Å²) in [6, 6.07) is 7.08. The molecule has 0 unspecified atom stereocenters. The lowest BCUT2D eigenvalue weighted by molar-refractivity contribution is -0.119. The molecule has 0 spiro atoms. The van der Waals surface area contributed by atoms with Crippen LogP contribution in [0, 0.1) is 6.92 Å². The molecule has 1 amide bonds. The zero-order chi connectivity index (χ0) is 25.7. The molecule has 0 saturated carbocycles.